The van der Waals surface area contributed by atoms with Gasteiger partial charge in [-0.1, -0.05) is 32.9 Å². The number of hydrogen-bond donors (Lipinski definition) is 1. The second-order valence-electron chi connectivity index (χ2n) is 8.50. The quantitative estimate of drug-likeness (QED) is 0.560. The highest BCUT2D eigenvalue weighted by Crippen LogP contribution is 2.26. The van der Waals surface area contributed by atoms with Crippen molar-refractivity contribution < 1.29 is 4.79 Å². The van der Waals surface area contributed by atoms with E-state index in [-0.39, 0.29) is 5.91 Å². The molecular weight excluding hydrogens is 378 g/mol. The van der Waals surface area contributed by atoms with E-state index >= 15 is 0 Å². The van der Waals surface area contributed by atoms with Crippen LogP contribution < -0.4 is 5.32 Å². The van der Waals surface area contributed by atoms with Crippen LogP contribution in [0.2, 0.25) is 0 Å². The summed E-state index contributed by atoms with van der Waals surface area (Å²) in [6, 6.07) is 7.92. The van der Waals surface area contributed by atoms with Crippen molar-refractivity contribution in [2.75, 3.05) is 5.32 Å². The second kappa shape index (κ2) is 7.05. The van der Waals surface area contributed by atoms with Crippen LogP contribution in [-0.4, -0.2) is 35.4 Å². The van der Waals surface area contributed by atoms with E-state index in [1.54, 1.807) is 10.9 Å². The normalized spacial score (nSPS) is 11.8. The van der Waals surface area contributed by atoms with E-state index in [1.807, 2.05) is 50.6 Å². The summed E-state index contributed by atoms with van der Waals surface area (Å²) in [5.74, 6) is 1.03. The average Bonchev–Trinajstić information content (AvgIpc) is 3.26. The van der Waals surface area contributed by atoms with Crippen molar-refractivity contribution in [1.82, 2.24) is 29.5 Å². The number of carbonyl (C=O) groups is 1. The van der Waals surface area contributed by atoms with Gasteiger partial charge in [0.05, 0.1) is 23.0 Å². The van der Waals surface area contributed by atoms with Crippen molar-refractivity contribution >= 4 is 22.8 Å². The van der Waals surface area contributed by atoms with Gasteiger partial charge in [-0.2, -0.15) is 14.9 Å². The number of aromatic nitrogens is 6. The molecule has 3 aromatic heterocycles. The molecule has 0 aliphatic heterocycles. The molecule has 4 aromatic rings. The Labute approximate surface area is 175 Å². The summed E-state index contributed by atoms with van der Waals surface area (Å²) in [5.41, 5.74) is 4.20. The molecule has 4 rings (SSSR count). The van der Waals surface area contributed by atoms with Gasteiger partial charge in [0, 0.05) is 11.5 Å². The zero-order chi connectivity index (χ0) is 21.6. The van der Waals surface area contributed by atoms with E-state index in [2.05, 4.69) is 45.4 Å². The maximum Gasteiger partial charge on any atom is 0.230 e. The predicted molar refractivity (Wildman–Crippen MR) is 116 cm³/mol. The lowest BCUT2D eigenvalue weighted by atomic mass is 9.96. The van der Waals surface area contributed by atoms with Crippen molar-refractivity contribution in [2.45, 2.75) is 41.5 Å². The van der Waals surface area contributed by atoms with Crippen LogP contribution in [0.1, 0.15) is 37.6 Å². The second-order valence-corrected chi connectivity index (χ2v) is 8.50. The van der Waals surface area contributed by atoms with Gasteiger partial charge >= 0.3 is 0 Å². The number of benzene rings is 1. The first-order valence-electron chi connectivity index (χ1n) is 9.80. The number of nitrogens with one attached hydrogen (secondary N) is 1. The first kappa shape index (κ1) is 19.8. The number of aryl methyl sites for hydroxylation is 2. The molecule has 0 radical (unpaired) electrons. The fourth-order valence-corrected chi connectivity index (χ4v) is 3.20. The Morgan fingerprint density at radius 2 is 1.83 bits per heavy atom. The summed E-state index contributed by atoms with van der Waals surface area (Å²) < 4.78 is 3.45. The third kappa shape index (κ3) is 3.34. The Morgan fingerprint density at radius 3 is 2.57 bits per heavy atom. The Bertz CT molecular complexity index is 1260. The van der Waals surface area contributed by atoms with Gasteiger partial charge in [-0.15, -0.1) is 0 Å². The number of hydrogen-bond acceptors (Lipinski definition) is 5. The van der Waals surface area contributed by atoms with E-state index in [9.17, 15) is 4.79 Å². The molecule has 1 amide bonds. The van der Waals surface area contributed by atoms with Crippen LogP contribution in [0.25, 0.3) is 22.5 Å². The molecule has 154 valence electrons. The summed E-state index contributed by atoms with van der Waals surface area (Å²) in [5, 5.41) is 12.8. The number of amides is 1. The fourth-order valence-electron chi connectivity index (χ4n) is 3.20. The summed E-state index contributed by atoms with van der Waals surface area (Å²) >= 11 is 0. The summed E-state index contributed by atoms with van der Waals surface area (Å²) in [7, 11) is 0. The van der Waals surface area contributed by atoms with E-state index < -0.39 is 5.41 Å². The molecule has 0 aliphatic rings. The molecule has 0 spiro atoms. The molecule has 0 saturated heterocycles. The van der Waals surface area contributed by atoms with E-state index in [1.165, 1.54) is 11.9 Å². The van der Waals surface area contributed by atoms with Crippen LogP contribution in [-0.2, 0) is 4.79 Å². The van der Waals surface area contributed by atoms with Crippen LogP contribution in [0, 0.1) is 26.2 Å². The number of anilines is 1. The fraction of sp³-hybridized carbons (Fsp3) is 0.318. The Morgan fingerprint density at radius 1 is 1.07 bits per heavy atom. The molecule has 1 N–H and O–H groups in total. The highest BCUT2D eigenvalue weighted by Gasteiger charge is 2.24. The van der Waals surface area contributed by atoms with Crippen LogP contribution in [0.3, 0.4) is 0 Å². The van der Waals surface area contributed by atoms with E-state index in [0.717, 1.165) is 22.3 Å². The topological polar surface area (TPSA) is 90.5 Å². The average molecular weight is 403 g/mol. The summed E-state index contributed by atoms with van der Waals surface area (Å²) in [6.07, 6.45) is 3.23. The Kier molecular flexibility index (Phi) is 4.64. The number of rotatable bonds is 3. The maximum absolute atomic E-state index is 12.5. The Hall–Kier alpha value is -3.55. The van der Waals surface area contributed by atoms with Gasteiger partial charge in [-0.25, -0.2) is 14.6 Å². The van der Waals surface area contributed by atoms with Crippen molar-refractivity contribution in [2.24, 2.45) is 5.41 Å². The van der Waals surface area contributed by atoms with Gasteiger partial charge in [-0.3, -0.25) is 4.79 Å². The number of fused-ring (bicyclic) bond motifs is 1. The maximum atomic E-state index is 12.5. The largest absolute Gasteiger partial charge is 0.310 e. The van der Waals surface area contributed by atoms with Crippen LogP contribution >= 0.6 is 0 Å². The lowest BCUT2D eigenvalue weighted by molar-refractivity contribution is -0.123. The molecular formula is C22H25N7O. The van der Waals surface area contributed by atoms with Gasteiger partial charge in [0.2, 0.25) is 5.91 Å². The van der Waals surface area contributed by atoms with Gasteiger partial charge in [0.25, 0.3) is 0 Å². The van der Waals surface area contributed by atoms with Crippen molar-refractivity contribution in [3.63, 3.8) is 0 Å². The SMILES string of the molecule is Cc1cc(NC(=O)C(C)(C)C)n(-c2ncnc3c2cnn3-c2cccc(C)c2C)n1. The van der Waals surface area contributed by atoms with E-state index in [0.29, 0.717) is 17.3 Å². The minimum Gasteiger partial charge on any atom is -0.310 e. The molecule has 1 aromatic carbocycles. The lowest BCUT2D eigenvalue weighted by Crippen LogP contribution is -2.28. The van der Waals surface area contributed by atoms with E-state index in [4.69, 9.17) is 0 Å². The van der Waals surface area contributed by atoms with Crippen molar-refractivity contribution in [1.29, 1.82) is 0 Å². The molecule has 3 heterocycles. The molecule has 0 unspecified atom stereocenters. The molecule has 0 fully saturated rings. The van der Waals surface area contributed by atoms with Gasteiger partial charge < -0.3 is 5.32 Å². The van der Waals surface area contributed by atoms with Crippen molar-refractivity contribution in [3.8, 4) is 11.5 Å². The Balaban J connectivity index is 1.86. The molecule has 0 aliphatic carbocycles. The highest BCUT2D eigenvalue weighted by atomic mass is 16.2. The minimum absolute atomic E-state index is 0.0972. The molecule has 0 saturated carbocycles. The first-order chi connectivity index (χ1) is 14.2. The van der Waals surface area contributed by atoms with Gasteiger partial charge in [0.1, 0.15) is 12.1 Å². The lowest BCUT2D eigenvalue weighted by Gasteiger charge is -2.18. The van der Waals surface area contributed by atoms with Gasteiger partial charge in [-0.05, 0) is 38.0 Å². The molecule has 30 heavy (non-hydrogen) atoms. The van der Waals surface area contributed by atoms with Crippen LogP contribution in [0.5, 0.6) is 0 Å². The minimum atomic E-state index is -0.530. The third-order valence-corrected chi connectivity index (χ3v) is 5.10. The molecule has 0 bridgehead atoms. The molecule has 0 atom stereocenters. The number of carbonyl (C=O) groups excluding carboxylic acids is 1. The smallest absolute Gasteiger partial charge is 0.230 e. The summed E-state index contributed by atoms with van der Waals surface area (Å²) in [6.45, 7) is 11.6. The monoisotopic (exact) mass is 403 g/mol. The molecule has 8 nitrogen and oxygen atoms in total. The molecule has 8 heteroatoms. The first-order valence-corrected chi connectivity index (χ1v) is 9.80. The highest BCUT2D eigenvalue weighted by molar-refractivity contribution is 5.94. The van der Waals surface area contributed by atoms with Gasteiger partial charge in [0.15, 0.2) is 11.5 Å². The zero-order valence-corrected chi connectivity index (χ0v) is 18.1. The number of nitrogens with zero attached hydrogens (tertiary/aromatic N) is 6. The summed E-state index contributed by atoms with van der Waals surface area (Å²) in [4.78, 5) is 21.5. The van der Waals surface area contributed by atoms with Crippen LogP contribution in [0.4, 0.5) is 5.82 Å². The van der Waals surface area contributed by atoms with Crippen molar-refractivity contribution in [3.05, 3.63) is 53.6 Å². The zero-order valence-electron chi connectivity index (χ0n) is 18.1. The predicted octanol–water partition coefficient (Wildman–Crippen LogP) is 3.91. The third-order valence-electron chi connectivity index (χ3n) is 5.10. The van der Waals surface area contributed by atoms with Crippen LogP contribution in [0.15, 0.2) is 36.8 Å². The standard InChI is InChI=1S/C22H25N7O/c1-13-8-7-9-17(15(13)3)28-19-16(11-25-28)20(24-12-23-19)29-18(10-14(2)27-29)26-21(30)22(4,5)6/h7-12H,1-6H3,(H,26,30).